The molecule has 0 unspecified atom stereocenters. The lowest BCUT2D eigenvalue weighted by atomic mass is 10.2. The molecule has 0 radical (unpaired) electrons. The van der Waals surface area contributed by atoms with Crippen LogP contribution in [0.3, 0.4) is 0 Å². The standard InChI is InChI=1S/C21H19ClN6O3S/c1-11-16(22)6-5-7-17(11)28-12(2)18(25-27-28)19-23-21(32-26-19)24-20(29)13-8-14(30-3)10-15(9-13)31-4/h5-10H,1-4H3,(H,23,24,26,29). The Bertz CT molecular complexity index is 1280. The maximum atomic E-state index is 12.7. The minimum atomic E-state index is -0.361. The molecule has 0 saturated carbocycles. The molecule has 1 N–H and O–H groups in total. The number of rotatable bonds is 6. The molecular formula is C21H19ClN6O3S. The molecule has 1 amide bonds. The molecule has 11 heteroatoms. The summed E-state index contributed by atoms with van der Waals surface area (Å²) >= 11 is 7.29. The van der Waals surface area contributed by atoms with E-state index >= 15 is 0 Å². The third-order valence-corrected chi connectivity index (χ3v) is 5.87. The van der Waals surface area contributed by atoms with E-state index in [1.54, 1.807) is 22.9 Å². The first-order valence-corrected chi connectivity index (χ1v) is 10.6. The smallest absolute Gasteiger partial charge is 0.257 e. The summed E-state index contributed by atoms with van der Waals surface area (Å²) < 4.78 is 16.5. The molecule has 2 heterocycles. The molecule has 2 aromatic carbocycles. The van der Waals surface area contributed by atoms with Gasteiger partial charge in [-0.2, -0.15) is 9.36 Å². The van der Waals surface area contributed by atoms with Gasteiger partial charge < -0.3 is 9.47 Å². The molecule has 164 valence electrons. The lowest BCUT2D eigenvalue weighted by molar-refractivity contribution is 0.102. The Morgan fingerprint density at radius 2 is 1.84 bits per heavy atom. The summed E-state index contributed by atoms with van der Waals surface area (Å²) in [6.45, 7) is 3.79. The van der Waals surface area contributed by atoms with Crippen LogP contribution in [0.25, 0.3) is 17.2 Å². The number of hydrogen-bond acceptors (Lipinski definition) is 8. The van der Waals surface area contributed by atoms with Crippen molar-refractivity contribution in [1.29, 1.82) is 0 Å². The number of hydrogen-bond donors (Lipinski definition) is 1. The molecule has 4 aromatic rings. The number of benzene rings is 2. The predicted octanol–water partition coefficient (Wildman–Crippen LogP) is 4.33. The molecule has 0 aliphatic heterocycles. The van der Waals surface area contributed by atoms with Gasteiger partial charge in [-0.1, -0.05) is 22.9 Å². The van der Waals surface area contributed by atoms with Gasteiger partial charge in [0.25, 0.3) is 5.91 Å². The molecule has 4 rings (SSSR count). The van der Waals surface area contributed by atoms with E-state index in [4.69, 9.17) is 21.1 Å². The third-order valence-electron chi connectivity index (χ3n) is 4.83. The maximum Gasteiger partial charge on any atom is 0.257 e. The zero-order chi connectivity index (χ0) is 22.8. The quantitative estimate of drug-likeness (QED) is 0.447. The first kappa shape index (κ1) is 21.7. The van der Waals surface area contributed by atoms with Gasteiger partial charge in [-0.25, -0.2) is 4.68 Å². The number of methoxy groups -OCH3 is 2. The van der Waals surface area contributed by atoms with Crippen LogP contribution in [0.4, 0.5) is 5.13 Å². The summed E-state index contributed by atoms with van der Waals surface area (Å²) in [4.78, 5) is 17.1. The molecule has 0 saturated heterocycles. The molecule has 9 nitrogen and oxygen atoms in total. The van der Waals surface area contributed by atoms with Crippen LogP contribution in [-0.2, 0) is 0 Å². The monoisotopic (exact) mass is 470 g/mol. The lowest BCUT2D eigenvalue weighted by Gasteiger charge is -2.08. The lowest BCUT2D eigenvalue weighted by Crippen LogP contribution is -2.12. The molecule has 2 aromatic heterocycles. The molecule has 0 bridgehead atoms. The van der Waals surface area contributed by atoms with Crippen LogP contribution in [0.15, 0.2) is 36.4 Å². The van der Waals surface area contributed by atoms with Crippen LogP contribution in [0.5, 0.6) is 11.5 Å². The molecule has 0 aliphatic carbocycles. The van der Waals surface area contributed by atoms with Crippen molar-refractivity contribution in [1.82, 2.24) is 24.4 Å². The maximum absolute atomic E-state index is 12.7. The normalized spacial score (nSPS) is 10.8. The fraction of sp³-hybridized carbons (Fsp3) is 0.190. The number of carbonyl (C=O) groups is 1. The van der Waals surface area contributed by atoms with Gasteiger partial charge in [-0.3, -0.25) is 10.1 Å². The highest BCUT2D eigenvalue weighted by atomic mass is 35.5. The highest BCUT2D eigenvalue weighted by molar-refractivity contribution is 7.10. The fourth-order valence-electron chi connectivity index (χ4n) is 3.07. The molecule has 0 spiro atoms. The second-order valence-corrected chi connectivity index (χ2v) is 7.96. The van der Waals surface area contributed by atoms with Gasteiger partial charge in [0.2, 0.25) is 5.13 Å². The molecular weight excluding hydrogens is 452 g/mol. The predicted molar refractivity (Wildman–Crippen MR) is 122 cm³/mol. The van der Waals surface area contributed by atoms with Crippen LogP contribution in [-0.4, -0.2) is 44.5 Å². The second-order valence-electron chi connectivity index (χ2n) is 6.80. The molecule has 32 heavy (non-hydrogen) atoms. The van der Waals surface area contributed by atoms with E-state index in [-0.39, 0.29) is 5.91 Å². The highest BCUT2D eigenvalue weighted by Gasteiger charge is 2.19. The fourth-order valence-corrected chi connectivity index (χ4v) is 3.80. The Hall–Kier alpha value is -3.50. The highest BCUT2D eigenvalue weighted by Crippen LogP contribution is 2.28. The zero-order valence-electron chi connectivity index (χ0n) is 17.7. The summed E-state index contributed by atoms with van der Waals surface area (Å²) in [5.74, 6) is 1.03. The van der Waals surface area contributed by atoms with Gasteiger partial charge in [0.1, 0.15) is 11.5 Å². The van der Waals surface area contributed by atoms with Crippen molar-refractivity contribution in [3.8, 4) is 28.7 Å². The number of amides is 1. The number of ether oxygens (including phenoxy) is 2. The average Bonchev–Trinajstić information content (AvgIpc) is 3.41. The van der Waals surface area contributed by atoms with Crippen molar-refractivity contribution in [2.24, 2.45) is 0 Å². The Morgan fingerprint density at radius 3 is 2.53 bits per heavy atom. The van der Waals surface area contributed by atoms with Crippen molar-refractivity contribution in [2.45, 2.75) is 13.8 Å². The van der Waals surface area contributed by atoms with Crippen LogP contribution in [0, 0.1) is 13.8 Å². The number of nitrogens with one attached hydrogen (secondary N) is 1. The first-order chi connectivity index (χ1) is 15.4. The van der Waals surface area contributed by atoms with Gasteiger partial charge >= 0.3 is 0 Å². The molecule has 0 atom stereocenters. The van der Waals surface area contributed by atoms with Crippen molar-refractivity contribution in [3.63, 3.8) is 0 Å². The Kier molecular flexibility index (Phi) is 6.06. The number of anilines is 1. The Balaban J connectivity index is 1.58. The van der Waals surface area contributed by atoms with E-state index in [0.29, 0.717) is 38.7 Å². The van der Waals surface area contributed by atoms with Gasteiger partial charge in [0.15, 0.2) is 11.5 Å². The largest absolute Gasteiger partial charge is 0.497 e. The zero-order valence-corrected chi connectivity index (χ0v) is 19.3. The summed E-state index contributed by atoms with van der Waals surface area (Å²) in [5, 5.41) is 12.2. The van der Waals surface area contributed by atoms with E-state index in [9.17, 15) is 4.79 Å². The van der Waals surface area contributed by atoms with Crippen molar-refractivity contribution >= 4 is 34.2 Å². The van der Waals surface area contributed by atoms with Crippen LogP contribution >= 0.6 is 23.1 Å². The average molecular weight is 471 g/mol. The topological polar surface area (TPSA) is 104 Å². The van der Waals surface area contributed by atoms with Crippen molar-refractivity contribution in [3.05, 3.63) is 58.2 Å². The van der Waals surface area contributed by atoms with E-state index in [1.165, 1.54) is 14.2 Å². The van der Waals surface area contributed by atoms with Crippen molar-refractivity contribution < 1.29 is 14.3 Å². The summed E-state index contributed by atoms with van der Waals surface area (Å²) in [6.07, 6.45) is 0. The summed E-state index contributed by atoms with van der Waals surface area (Å²) in [7, 11) is 3.04. The SMILES string of the molecule is COc1cc(OC)cc(C(=O)Nc2nc(-c3nnn(-c4cccc(Cl)c4C)c3C)ns2)c1. The Morgan fingerprint density at radius 1 is 1.12 bits per heavy atom. The molecule has 0 fully saturated rings. The summed E-state index contributed by atoms with van der Waals surface area (Å²) in [5.41, 5.74) is 3.36. The third kappa shape index (κ3) is 4.14. The Labute approximate surface area is 193 Å². The van der Waals surface area contributed by atoms with E-state index in [0.717, 1.165) is 28.5 Å². The van der Waals surface area contributed by atoms with Crippen LogP contribution < -0.4 is 14.8 Å². The van der Waals surface area contributed by atoms with Gasteiger partial charge in [-0.05, 0) is 43.7 Å². The van der Waals surface area contributed by atoms with E-state index in [2.05, 4.69) is 25.0 Å². The van der Waals surface area contributed by atoms with E-state index < -0.39 is 0 Å². The van der Waals surface area contributed by atoms with Gasteiger partial charge in [0, 0.05) is 28.2 Å². The van der Waals surface area contributed by atoms with Gasteiger partial charge in [-0.15, -0.1) is 5.10 Å². The van der Waals surface area contributed by atoms with Crippen LogP contribution in [0.1, 0.15) is 21.6 Å². The molecule has 0 aliphatic rings. The minimum Gasteiger partial charge on any atom is -0.497 e. The second kappa shape index (κ2) is 8.93. The number of nitrogens with zero attached hydrogens (tertiary/aromatic N) is 5. The summed E-state index contributed by atoms with van der Waals surface area (Å²) in [6, 6.07) is 10.5. The number of carbonyl (C=O) groups excluding carboxylic acids is 1. The number of aromatic nitrogens is 5. The number of halogens is 1. The van der Waals surface area contributed by atoms with E-state index in [1.807, 2.05) is 32.0 Å². The minimum absolute atomic E-state index is 0.333. The van der Waals surface area contributed by atoms with Gasteiger partial charge in [0.05, 0.1) is 25.6 Å². The first-order valence-electron chi connectivity index (χ1n) is 9.47. The van der Waals surface area contributed by atoms with Crippen LogP contribution in [0.2, 0.25) is 5.02 Å². The van der Waals surface area contributed by atoms with Crippen molar-refractivity contribution in [2.75, 3.05) is 19.5 Å².